The Kier molecular flexibility index (Phi) is 6.68. The van der Waals surface area contributed by atoms with Crippen molar-refractivity contribution in [3.63, 3.8) is 0 Å². The topological polar surface area (TPSA) is 49.9 Å². The fourth-order valence-corrected chi connectivity index (χ4v) is 4.90. The van der Waals surface area contributed by atoms with Crippen molar-refractivity contribution in [2.24, 2.45) is 5.92 Å². The third kappa shape index (κ3) is 4.84. The van der Waals surface area contributed by atoms with Gasteiger partial charge in [-0.05, 0) is 61.6 Å². The molecule has 1 amide bonds. The van der Waals surface area contributed by atoms with Gasteiger partial charge in [-0.3, -0.25) is 14.5 Å². The lowest BCUT2D eigenvalue weighted by molar-refractivity contribution is -0.150. The van der Waals surface area contributed by atoms with Gasteiger partial charge in [0.05, 0.1) is 12.5 Å². The van der Waals surface area contributed by atoms with E-state index in [4.69, 9.17) is 4.74 Å². The zero-order valence-corrected chi connectivity index (χ0v) is 17.9. The molecule has 0 spiro atoms. The number of hydrogen-bond acceptors (Lipinski definition) is 4. The number of fused-ring (bicyclic) bond motifs is 1. The van der Waals surface area contributed by atoms with E-state index in [1.807, 2.05) is 17.9 Å². The molecule has 160 valence electrons. The van der Waals surface area contributed by atoms with E-state index in [-0.39, 0.29) is 17.8 Å². The SMILES string of the molecule is CCOC(=O)C1CCCN(C2CCC(=O)N(Cc3ccc4ccccc4c3)CC2)C1. The molecule has 30 heavy (non-hydrogen) atoms. The van der Waals surface area contributed by atoms with Crippen LogP contribution < -0.4 is 0 Å². The highest BCUT2D eigenvalue weighted by Gasteiger charge is 2.32. The Hall–Kier alpha value is -2.40. The molecule has 2 aliphatic heterocycles. The van der Waals surface area contributed by atoms with E-state index in [9.17, 15) is 9.59 Å². The van der Waals surface area contributed by atoms with E-state index in [1.165, 1.54) is 16.3 Å². The minimum Gasteiger partial charge on any atom is -0.466 e. The van der Waals surface area contributed by atoms with Gasteiger partial charge in [-0.2, -0.15) is 0 Å². The highest BCUT2D eigenvalue weighted by Crippen LogP contribution is 2.26. The normalized spacial score (nSPS) is 23.4. The summed E-state index contributed by atoms with van der Waals surface area (Å²) in [6.07, 6.45) is 4.36. The maximum absolute atomic E-state index is 12.8. The minimum atomic E-state index is -0.0650. The average Bonchev–Trinajstić information content (AvgIpc) is 2.96. The molecule has 2 aromatic rings. The summed E-state index contributed by atoms with van der Waals surface area (Å²) in [5.41, 5.74) is 1.18. The van der Waals surface area contributed by atoms with Crippen molar-refractivity contribution in [3.8, 4) is 0 Å². The number of ether oxygens (including phenoxy) is 1. The van der Waals surface area contributed by atoms with Crippen molar-refractivity contribution in [3.05, 3.63) is 48.0 Å². The second-order valence-corrected chi connectivity index (χ2v) is 8.56. The Bertz CT molecular complexity index is 897. The molecule has 0 aliphatic carbocycles. The Morgan fingerprint density at radius 3 is 2.73 bits per heavy atom. The molecule has 5 nitrogen and oxygen atoms in total. The van der Waals surface area contributed by atoms with Crippen molar-refractivity contribution in [2.75, 3.05) is 26.2 Å². The number of likely N-dealkylation sites (tertiary alicyclic amines) is 2. The maximum atomic E-state index is 12.8. The van der Waals surface area contributed by atoms with E-state index in [0.717, 1.165) is 45.3 Å². The molecule has 2 aliphatic rings. The molecule has 5 heteroatoms. The molecule has 2 aromatic carbocycles. The summed E-state index contributed by atoms with van der Waals surface area (Å²) in [5, 5.41) is 2.44. The quantitative estimate of drug-likeness (QED) is 0.702. The van der Waals surface area contributed by atoms with Crippen molar-refractivity contribution >= 4 is 22.6 Å². The monoisotopic (exact) mass is 408 g/mol. The molecule has 2 unspecified atom stereocenters. The summed E-state index contributed by atoms with van der Waals surface area (Å²) in [4.78, 5) is 29.4. The number of piperidine rings is 1. The Labute approximate surface area is 179 Å². The molecule has 0 bridgehead atoms. The number of benzene rings is 2. The standard InChI is InChI=1S/C25H32N2O3/c1-2-30-25(29)22-8-5-14-26(18-22)23-11-12-24(28)27(15-13-23)17-19-9-10-20-6-3-4-7-21(20)16-19/h3-4,6-7,9-10,16,22-23H,2,5,8,11-15,17-18H2,1H3. The Balaban J connectivity index is 1.38. The number of carbonyl (C=O) groups excluding carboxylic acids is 2. The predicted octanol–water partition coefficient (Wildman–Crippen LogP) is 4.00. The van der Waals surface area contributed by atoms with E-state index in [0.29, 0.717) is 25.6 Å². The molecule has 2 heterocycles. The van der Waals surface area contributed by atoms with Crippen LogP contribution in [0.4, 0.5) is 0 Å². The van der Waals surface area contributed by atoms with Gasteiger partial charge in [0.1, 0.15) is 0 Å². The van der Waals surface area contributed by atoms with Gasteiger partial charge in [-0.15, -0.1) is 0 Å². The number of rotatable bonds is 5. The fourth-order valence-electron chi connectivity index (χ4n) is 4.90. The van der Waals surface area contributed by atoms with E-state index in [2.05, 4.69) is 41.3 Å². The first kappa shape index (κ1) is 20.9. The van der Waals surface area contributed by atoms with Crippen LogP contribution in [0, 0.1) is 5.92 Å². The van der Waals surface area contributed by atoms with Crippen molar-refractivity contribution in [2.45, 2.75) is 51.6 Å². The third-order valence-corrected chi connectivity index (χ3v) is 6.55. The molecule has 4 rings (SSSR count). The number of hydrogen-bond donors (Lipinski definition) is 0. The molecule has 2 atom stereocenters. The van der Waals surface area contributed by atoms with Gasteiger partial charge in [0.15, 0.2) is 0 Å². The largest absolute Gasteiger partial charge is 0.466 e. The van der Waals surface area contributed by atoms with Gasteiger partial charge in [0.2, 0.25) is 5.91 Å². The maximum Gasteiger partial charge on any atom is 0.310 e. The van der Waals surface area contributed by atoms with Crippen molar-refractivity contribution in [1.29, 1.82) is 0 Å². The first-order valence-corrected chi connectivity index (χ1v) is 11.3. The second kappa shape index (κ2) is 9.61. The summed E-state index contributed by atoms with van der Waals surface area (Å²) in [6, 6.07) is 15.2. The summed E-state index contributed by atoms with van der Waals surface area (Å²) in [5.74, 6) is 0.154. The zero-order chi connectivity index (χ0) is 20.9. The van der Waals surface area contributed by atoms with E-state index < -0.39 is 0 Å². The van der Waals surface area contributed by atoms with Crippen molar-refractivity contribution in [1.82, 2.24) is 9.80 Å². The summed E-state index contributed by atoms with van der Waals surface area (Å²) < 4.78 is 5.24. The molecule has 2 fully saturated rings. The predicted molar refractivity (Wildman–Crippen MR) is 118 cm³/mol. The lowest BCUT2D eigenvalue weighted by Gasteiger charge is -2.37. The molecular weight excluding hydrogens is 376 g/mol. The molecule has 0 saturated carbocycles. The highest BCUT2D eigenvalue weighted by atomic mass is 16.5. The first-order chi connectivity index (χ1) is 14.6. The van der Waals surface area contributed by atoms with Gasteiger partial charge >= 0.3 is 5.97 Å². The first-order valence-electron chi connectivity index (χ1n) is 11.3. The molecule has 2 saturated heterocycles. The molecule has 0 N–H and O–H groups in total. The second-order valence-electron chi connectivity index (χ2n) is 8.56. The zero-order valence-electron chi connectivity index (χ0n) is 17.9. The minimum absolute atomic E-state index is 0.0219. The highest BCUT2D eigenvalue weighted by molar-refractivity contribution is 5.83. The van der Waals surface area contributed by atoms with E-state index >= 15 is 0 Å². The van der Waals surface area contributed by atoms with Gasteiger partial charge in [-0.1, -0.05) is 36.4 Å². The fraction of sp³-hybridized carbons (Fsp3) is 0.520. The number of carbonyl (C=O) groups is 2. The van der Waals surface area contributed by atoms with Gasteiger partial charge < -0.3 is 9.64 Å². The molecule has 0 radical (unpaired) electrons. The van der Waals surface area contributed by atoms with Crippen LogP contribution in [0.3, 0.4) is 0 Å². The van der Waals surface area contributed by atoms with Crippen LogP contribution in [0.2, 0.25) is 0 Å². The van der Waals surface area contributed by atoms with Gasteiger partial charge in [0, 0.05) is 32.1 Å². The number of amides is 1. The smallest absolute Gasteiger partial charge is 0.310 e. The van der Waals surface area contributed by atoms with E-state index in [1.54, 1.807) is 0 Å². The molecular formula is C25H32N2O3. The molecule has 0 aromatic heterocycles. The van der Waals surface area contributed by atoms with Crippen molar-refractivity contribution < 1.29 is 14.3 Å². The van der Waals surface area contributed by atoms with Gasteiger partial charge in [-0.25, -0.2) is 0 Å². The Morgan fingerprint density at radius 1 is 1.07 bits per heavy atom. The van der Waals surface area contributed by atoms with Gasteiger partial charge in [0.25, 0.3) is 0 Å². The summed E-state index contributed by atoms with van der Waals surface area (Å²) in [6.45, 7) is 5.52. The summed E-state index contributed by atoms with van der Waals surface area (Å²) in [7, 11) is 0. The summed E-state index contributed by atoms with van der Waals surface area (Å²) >= 11 is 0. The lowest BCUT2D eigenvalue weighted by atomic mass is 9.95. The van der Waals surface area contributed by atoms with Crippen LogP contribution in [-0.4, -0.2) is 54.0 Å². The van der Waals surface area contributed by atoms with Crippen LogP contribution in [-0.2, 0) is 20.9 Å². The van der Waals surface area contributed by atoms with Crippen LogP contribution in [0.25, 0.3) is 10.8 Å². The van der Waals surface area contributed by atoms with Crippen LogP contribution in [0.5, 0.6) is 0 Å². The van der Waals surface area contributed by atoms with Crippen LogP contribution >= 0.6 is 0 Å². The van der Waals surface area contributed by atoms with Crippen LogP contribution in [0.15, 0.2) is 42.5 Å². The Morgan fingerprint density at radius 2 is 1.90 bits per heavy atom. The average molecular weight is 409 g/mol. The number of esters is 1. The lowest BCUT2D eigenvalue weighted by Crippen LogP contribution is -2.45. The number of nitrogens with zero attached hydrogens (tertiary/aromatic N) is 2. The van der Waals surface area contributed by atoms with Crippen LogP contribution in [0.1, 0.15) is 44.6 Å². The third-order valence-electron chi connectivity index (χ3n) is 6.55.